The Labute approximate surface area is 89.4 Å². The molecule has 0 aliphatic carbocycles. The van der Waals surface area contributed by atoms with Crippen molar-refractivity contribution in [1.82, 2.24) is 14.9 Å². The maximum Gasteiger partial charge on any atom is 0.322 e. The number of hydrogen-bond acceptors (Lipinski definition) is 4. The fourth-order valence-corrected chi connectivity index (χ4v) is 1.18. The molecule has 0 radical (unpaired) electrons. The maximum absolute atomic E-state index is 11.2. The van der Waals surface area contributed by atoms with Gasteiger partial charge in [0.15, 0.2) is 0 Å². The molecule has 0 amide bonds. The van der Waals surface area contributed by atoms with Crippen molar-refractivity contribution in [2.24, 2.45) is 0 Å². The second-order valence-corrected chi connectivity index (χ2v) is 3.23. The number of nitrogens with zero attached hydrogens (tertiary/aromatic N) is 2. The second kappa shape index (κ2) is 6.19. The lowest BCUT2D eigenvalue weighted by Crippen LogP contribution is -2.37. The number of carbonyl (C=O) groups is 1. The lowest BCUT2D eigenvalue weighted by Gasteiger charge is -2.12. The summed E-state index contributed by atoms with van der Waals surface area (Å²) in [7, 11) is 0. The highest BCUT2D eigenvalue weighted by atomic mass is 16.5. The Morgan fingerprint density at radius 1 is 1.67 bits per heavy atom. The molecule has 1 aromatic heterocycles. The Morgan fingerprint density at radius 3 is 3.07 bits per heavy atom. The summed E-state index contributed by atoms with van der Waals surface area (Å²) in [4.78, 5) is 15.2. The van der Waals surface area contributed by atoms with Crippen LogP contribution in [0.4, 0.5) is 0 Å². The second-order valence-electron chi connectivity index (χ2n) is 3.23. The summed E-state index contributed by atoms with van der Waals surface area (Å²) in [6, 6.07) is -0.256. The van der Waals surface area contributed by atoms with E-state index >= 15 is 0 Å². The fourth-order valence-electron chi connectivity index (χ4n) is 1.18. The van der Waals surface area contributed by atoms with E-state index in [1.807, 2.05) is 10.8 Å². The van der Waals surface area contributed by atoms with Crippen LogP contribution in [0, 0.1) is 0 Å². The molecule has 1 unspecified atom stereocenters. The van der Waals surface area contributed by atoms with Crippen LogP contribution >= 0.6 is 0 Å². The van der Waals surface area contributed by atoms with E-state index in [2.05, 4.69) is 10.3 Å². The normalized spacial score (nSPS) is 12.4. The Bertz CT molecular complexity index is 285. The zero-order valence-electron chi connectivity index (χ0n) is 9.14. The first-order chi connectivity index (χ1) is 7.24. The molecule has 1 N–H and O–H groups in total. The van der Waals surface area contributed by atoms with E-state index < -0.39 is 0 Å². The molecule has 1 aromatic rings. The summed E-state index contributed by atoms with van der Waals surface area (Å²) < 4.78 is 6.82. The van der Waals surface area contributed by atoms with Crippen molar-refractivity contribution in [3.63, 3.8) is 0 Å². The van der Waals surface area contributed by atoms with E-state index in [-0.39, 0.29) is 12.0 Å². The molecule has 0 saturated carbocycles. The minimum absolute atomic E-state index is 0.205. The minimum atomic E-state index is -0.256. The molecule has 0 aliphatic heterocycles. The van der Waals surface area contributed by atoms with Crippen molar-refractivity contribution in [3.05, 3.63) is 18.7 Å². The molecule has 84 valence electrons. The summed E-state index contributed by atoms with van der Waals surface area (Å²) in [6.45, 7) is 5.54. The third-order valence-electron chi connectivity index (χ3n) is 2.02. The van der Waals surface area contributed by atoms with Gasteiger partial charge in [0, 0.05) is 25.5 Å². The number of aromatic nitrogens is 2. The Kier molecular flexibility index (Phi) is 4.83. The molecule has 0 aromatic carbocycles. The summed E-state index contributed by atoms with van der Waals surface area (Å²) in [6.07, 6.45) is 5.36. The first-order valence-corrected chi connectivity index (χ1v) is 5.09. The lowest BCUT2D eigenvalue weighted by atomic mass is 10.3. The van der Waals surface area contributed by atoms with Crippen molar-refractivity contribution < 1.29 is 9.53 Å². The summed E-state index contributed by atoms with van der Waals surface area (Å²) >= 11 is 0. The maximum atomic E-state index is 11.2. The van der Waals surface area contributed by atoms with Gasteiger partial charge in [-0.05, 0) is 13.8 Å². The molecular formula is C10H17N3O2. The van der Waals surface area contributed by atoms with Gasteiger partial charge in [-0.1, -0.05) is 0 Å². The monoisotopic (exact) mass is 211 g/mol. The van der Waals surface area contributed by atoms with Crippen molar-refractivity contribution in [1.29, 1.82) is 0 Å². The average molecular weight is 211 g/mol. The Morgan fingerprint density at radius 2 is 2.47 bits per heavy atom. The Hall–Kier alpha value is -1.36. The summed E-state index contributed by atoms with van der Waals surface area (Å²) in [5.41, 5.74) is 0. The molecule has 0 spiro atoms. The number of carbonyl (C=O) groups excluding carboxylic acids is 1. The number of ether oxygens (including phenoxy) is 1. The van der Waals surface area contributed by atoms with Gasteiger partial charge in [-0.2, -0.15) is 0 Å². The van der Waals surface area contributed by atoms with Crippen LogP contribution in [-0.4, -0.2) is 34.7 Å². The van der Waals surface area contributed by atoms with Crippen molar-refractivity contribution in [3.8, 4) is 0 Å². The molecule has 0 aliphatic rings. The molecule has 0 saturated heterocycles. The van der Waals surface area contributed by atoms with E-state index in [0.29, 0.717) is 6.61 Å². The van der Waals surface area contributed by atoms with Gasteiger partial charge >= 0.3 is 5.97 Å². The van der Waals surface area contributed by atoms with Gasteiger partial charge in [-0.3, -0.25) is 4.79 Å². The van der Waals surface area contributed by atoms with Crippen molar-refractivity contribution >= 4 is 5.97 Å². The first kappa shape index (κ1) is 11.7. The van der Waals surface area contributed by atoms with Crippen LogP contribution < -0.4 is 5.32 Å². The van der Waals surface area contributed by atoms with Gasteiger partial charge < -0.3 is 14.6 Å². The minimum Gasteiger partial charge on any atom is -0.465 e. The predicted molar refractivity (Wildman–Crippen MR) is 56.3 cm³/mol. The van der Waals surface area contributed by atoms with Crippen LogP contribution in [0.3, 0.4) is 0 Å². The van der Waals surface area contributed by atoms with Crippen LogP contribution in [0.25, 0.3) is 0 Å². The van der Waals surface area contributed by atoms with E-state index in [1.165, 1.54) is 0 Å². The third kappa shape index (κ3) is 4.12. The first-order valence-electron chi connectivity index (χ1n) is 5.09. The number of imidazole rings is 1. The highest BCUT2D eigenvalue weighted by Gasteiger charge is 2.11. The van der Waals surface area contributed by atoms with Gasteiger partial charge in [0.25, 0.3) is 0 Å². The highest BCUT2D eigenvalue weighted by molar-refractivity contribution is 5.75. The number of esters is 1. The van der Waals surface area contributed by atoms with E-state index in [4.69, 9.17) is 4.74 Å². The molecule has 1 heterocycles. The van der Waals surface area contributed by atoms with Crippen molar-refractivity contribution in [2.75, 3.05) is 13.2 Å². The molecule has 1 atom stereocenters. The highest BCUT2D eigenvalue weighted by Crippen LogP contribution is 1.89. The van der Waals surface area contributed by atoms with Crippen LogP contribution in [-0.2, 0) is 16.1 Å². The molecule has 0 bridgehead atoms. The third-order valence-corrected chi connectivity index (χ3v) is 2.02. The van der Waals surface area contributed by atoms with E-state index in [1.54, 1.807) is 26.4 Å². The lowest BCUT2D eigenvalue weighted by molar-refractivity contribution is -0.145. The fraction of sp³-hybridized carbons (Fsp3) is 0.600. The number of rotatable bonds is 6. The van der Waals surface area contributed by atoms with Crippen LogP contribution in [0.5, 0.6) is 0 Å². The number of nitrogens with one attached hydrogen (secondary N) is 1. The van der Waals surface area contributed by atoms with E-state index in [9.17, 15) is 4.79 Å². The SMILES string of the molecule is CCOC(=O)C(C)NCCn1ccnc1. The molecule has 0 fully saturated rings. The molecular weight excluding hydrogens is 194 g/mol. The molecule has 1 rings (SSSR count). The van der Waals surface area contributed by atoms with Crippen LogP contribution in [0.2, 0.25) is 0 Å². The van der Waals surface area contributed by atoms with Gasteiger partial charge in [0.1, 0.15) is 6.04 Å². The molecule has 5 nitrogen and oxygen atoms in total. The topological polar surface area (TPSA) is 56.1 Å². The van der Waals surface area contributed by atoms with Crippen molar-refractivity contribution in [2.45, 2.75) is 26.4 Å². The largest absolute Gasteiger partial charge is 0.465 e. The average Bonchev–Trinajstić information content (AvgIpc) is 2.71. The van der Waals surface area contributed by atoms with Gasteiger partial charge in [0.05, 0.1) is 12.9 Å². The van der Waals surface area contributed by atoms with E-state index in [0.717, 1.165) is 13.1 Å². The quantitative estimate of drug-likeness (QED) is 0.693. The van der Waals surface area contributed by atoms with Crippen LogP contribution in [0.15, 0.2) is 18.7 Å². The smallest absolute Gasteiger partial charge is 0.322 e. The van der Waals surface area contributed by atoms with Gasteiger partial charge in [-0.15, -0.1) is 0 Å². The predicted octanol–water partition coefficient (Wildman–Crippen LogP) is 0.424. The summed E-state index contributed by atoms with van der Waals surface area (Å²) in [5, 5.41) is 3.08. The standard InChI is InChI=1S/C10H17N3O2/c1-3-15-10(14)9(2)12-5-7-13-6-4-11-8-13/h4,6,8-9,12H,3,5,7H2,1-2H3. The zero-order chi connectivity index (χ0) is 11.1. The van der Waals surface area contributed by atoms with Gasteiger partial charge in [0.2, 0.25) is 0 Å². The molecule has 15 heavy (non-hydrogen) atoms. The summed E-state index contributed by atoms with van der Waals surface area (Å²) in [5.74, 6) is -0.205. The van der Waals surface area contributed by atoms with Gasteiger partial charge in [-0.25, -0.2) is 4.98 Å². The molecule has 5 heteroatoms. The number of hydrogen-bond donors (Lipinski definition) is 1. The van der Waals surface area contributed by atoms with Crippen LogP contribution in [0.1, 0.15) is 13.8 Å². The Balaban J connectivity index is 2.17. The zero-order valence-corrected chi connectivity index (χ0v) is 9.14.